The van der Waals surface area contributed by atoms with E-state index in [1.54, 1.807) is 12.1 Å². The molecule has 0 bridgehead atoms. The smallest absolute Gasteiger partial charge is 0.338 e. The molecule has 0 atom stereocenters. The van der Waals surface area contributed by atoms with Crippen molar-refractivity contribution < 1.29 is 28.2 Å². The van der Waals surface area contributed by atoms with Crippen molar-refractivity contribution in [3.63, 3.8) is 0 Å². The fourth-order valence-electron chi connectivity index (χ4n) is 2.46. The number of halogens is 1. The van der Waals surface area contributed by atoms with Crippen molar-refractivity contribution in [2.45, 2.75) is 13.0 Å². The van der Waals surface area contributed by atoms with Crippen LogP contribution < -0.4 is 10.1 Å². The number of ether oxygens (including phenoxy) is 2. The molecule has 0 radical (unpaired) electrons. The summed E-state index contributed by atoms with van der Waals surface area (Å²) in [6.45, 7) is -0.344. The lowest BCUT2D eigenvalue weighted by molar-refractivity contribution is -0.133. The van der Waals surface area contributed by atoms with Crippen LogP contribution in [0.5, 0.6) is 5.75 Å². The van der Waals surface area contributed by atoms with E-state index in [1.165, 1.54) is 55.5 Å². The summed E-state index contributed by atoms with van der Waals surface area (Å²) in [6, 6.07) is 11.9. The number of rotatable bonds is 8. The van der Waals surface area contributed by atoms with Crippen molar-refractivity contribution in [2.75, 3.05) is 26.1 Å². The van der Waals surface area contributed by atoms with Crippen LogP contribution in [0.3, 0.4) is 0 Å². The van der Waals surface area contributed by atoms with Gasteiger partial charge in [0, 0.05) is 19.3 Å². The number of hydrogen-bond acceptors (Lipinski definition) is 6. The van der Waals surface area contributed by atoms with Crippen molar-refractivity contribution >= 4 is 23.5 Å². The lowest BCUT2D eigenvalue weighted by Gasteiger charge is -2.17. The Bertz CT molecular complexity index is 970. The van der Waals surface area contributed by atoms with Gasteiger partial charge in [-0.15, -0.1) is 0 Å². The monoisotopic (exact) mass is 413 g/mol. The maximum atomic E-state index is 13.7. The molecular formula is C21H20FN3O5. The summed E-state index contributed by atoms with van der Waals surface area (Å²) in [5.41, 5.74) is 1.18. The number of hydrogen-bond donors (Lipinski definition) is 1. The van der Waals surface area contributed by atoms with Crippen molar-refractivity contribution in [1.29, 1.82) is 5.26 Å². The van der Waals surface area contributed by atoms with Crippen molar-refractivity contribution in [3.8, 4) is 11.8 Å². The molecule has 0 aliphatic carbocycles. The molecule has 8 nitrogen and oxygen atoms in total. The molecular weight excluding hydrogens is 393 g/mol. The van der Waals surface area contributed by atoms with Gasteiger partial charge in [-0.1, -0.05) is 6.07 Å². The molecule has 0 aliphatic heterocycles. The lowest BCUT2D eigenvalue weighted by Crippen LogP contribution is -2.30. The number of nitrogens with one attached hydrogen (secondary N) is 1. The molecule has 0 heterocycles. The molecule has 2 aromatic carbocycles. The molecule has 0 spiro atoms. The van der Waals surface area contributed by atoms with Gasteiger partial charge in [0.25, 0.3) is 5.91 Å². The minimum atomic E-state index is -0.706. The average Bonchev–Trinajstić information content (AvgIpc) is 2.72. The van der Waals surface area contributed by atoms with Crippen LogP contribution in [-0.2, 0) is 20.9 Å². The van der Waals surface area contributed by atoms with E-state index < -0.39 is 30.2 Å². The van der Waals surface area contributed by atoms with Gasteiger partial charge in [0.1, 0.15) is 6.42 Å². The number of methoxy groups -OCH3 is 1. The zero-order valence-electron chi connectivity index (χ0n) is 16.5. The van der Waals surface area contributed by atoms with E-state index in [-0.39, 0.29) is 24.3 Å². The van der Waals surface area contributed by atoms with Gasteiger partial charge in [-0.3, -0.25) is 9.59 Å². The fraction of sp³-hybridized carbons (Fsp3) is 0.238. The first-order valence-electron chi connectivity index (χ1n) is 8.84. The summed E-state index contributed by atoms with van der Waals surface area (Å²) in [6.07, 6.45) is -0.275. The first kappa shape index (κ1) is 22.4. The number of nitriles is 1. The predicted molar refractivity (Wildman–Crippen MR) is 105 cm³/mol. The van der Waals surface area contributed by atoms with Gasteiger partial charge >= 0.3 is 5.97 Å². The highest BCUT2D eigenvalue weighted by molar-refractivity contribution is 5.94. The number of nitrogens with zero attached hydrogens (tertiary/aromatic N) is 2. The predicted octanol–water partition coefficient (Wildman–Crippen LogP) is 2.50. The van der Waals surface area contributed by atoms with Gasteiger partial charge < -0.3 is 19.7 Å². The van der Waals surface area contributed by atoms with E-state index in [0.29, 0.717) is 11.3 Å². The molecule has 0 fully saturated rings. The molecule has 0 unspecified atom stereocenters. The Morgan fingerprint density at radius 1 is 1.17 bits per heavy atom. The number of carbonyl (C=O) groups is 3. The second kappa shape index (κ2) is 10.6. The summed E-state index contributed by atoms with van der Waals surface area (Å²) in [4.78, 5) is 36.9. The number of amides is 2. The van der Waals surface area contributed by atoms with Crippen LogP contribution in [0.4, 0.5) is 10.1 Å². The van der Waals surface area contributed by atoms with E-state index in [4.69, 9.17) is 14.7 Å². The zero-order valence-corrected chi connectivity index (χ0v) is 16.5. The first-order chi connectivity index (χ1) is 14.3. The number of likely N-dealkylation sites (N-methyl/N-ethyl adjacent to an activating group) is 1. The maximum Gasteiger partial charge on any atom is 0.338 e. The third kappa shape index (κ3) is 6.31. The van der Waals surface area contributed by atoms with Crippen LogP contribution in [0, 0.1) is 17.1 Å². The van der Waals surface area contributed by atoms with Crippen molar-refractivity contribution in [2.24, 2.45) is 0 Å². The second-order valence-corrected chi connectivity index (χ2v) is 6.26. The third-order valence-electron chi connectivity index (χ3n) is 4.03. The number of benzene rings is 2. The van der Waals surface area contributed by atoms with Gasteiger partial charge in [0.05, 0.1) is 18.7 Å². The van der Waals surface area contributed by atoms with Gasteiger partial charge in [0.15, 0.2) is 18.2 Å². The highest BCUT2D eigenvalue weighted by Gasteiger charge is 2.15. The molecule has 2 rings (SSSR count). The molecule has 0 saturated carbocycles. The average molecular weight is 413 g/mol. The molecule has 156 valence electrons. The van der Waals surface area contributed by atoms with E-state index in [9.17, 15) is 18.8 Å². The standard InChI is InChI=1S/C21H20FN3O5/c1-25(12-14-3-8-18(29-2)17(22)11-14)20(27)13-30-21(28)15-4-6-16(7-5-15)24-19(26)9-10-23/h3-8,11H,9,12-13H2,1-2H3,(H,24,26). The second-order valence-electron chi connectivity index (χ2n) is 6.26. The minimum absolute atomic E-state index is 0.109. The van der Waals surface area contributed by atoms with Crippen molar-refractivity contribution in [1.82, 2.24) is 4.90 Å². The molecule has 9 heteroatoms. The van der Waals surface area contributed by atoms with Gasteiger partial charge in [-0.2, -0.15) is 5.26 Å². The Labute approximate surface area is 172 Å². The lowest BCUT2D eigenvalue weighted by atomic mass is 10.2. The molecule has 0 saturated heterocycles. The largest absolute Gasteiger partial charge is 0.494 e. The van der Waals surface area contributed by atoms with Crippen LogP contribution in [0.1, 0.15) is 22.3 Å². The summed E-state index contributed by atoms with van der Waals surface area (Å²) in [5.74, 6) is -2.05. The Hall–Kier alpha value is -3.93. The summed E-state index contributed by atoms with van der Waals surface area (Å²) >= 11 is 0. The molecule has 30 heavy (non-hydrogen) atoms. The normalized spacial score (nSPS) is 9.93. The first-order valence-corrected chi connectivity index (χ1v) is 8.84. The minimum Gasteiger partial charge on any atom is -0.494 e. The highest BCUT2D eigenvalue weighted by Crippen LogP contribution is 2.18. The Morgan fingerprint density at radius 3 is 2.47 bits per heavy atom. The van der Waals surface area contributed by atoms with Crippen LogP contribution in [-0.4, -0.2) is 43.4 Å². The topological polar surface area (TPSA) is 109 Å². The van der Waals surface area contributed by atoms with Crippen LogP contribution in [0.2, 0.25) is 0 Å². The van der Waals surface area contributed by atoms with Crippen LogP contribution in [0.25, 0.3) is 0 Å². The van der Waals surface area contributed by atoms with E-state index in [0.717, 1.165) is 0 Å². The van der Waals surface area contributed by atoms with Crippen molar-refractivity contribution in [3.05, 3.63) is 59.4 Å². The molecule has 1 N–H and O–H groups in total. The number of esters is 1. The summed E-state index contributed by atoms with van der Waals surface area (Å²) in [5, 5.41) is 11.0. The van der Waals surface area contributed by atoms with Crippen LogP contribution >= 0.6 is 0 Å². The van der Waals surface area contributed by atoms with E-state index in [2.05, 4.69) is 5.32 Å². The molecule has 2 amide bonds. The summed E-state index contributed by atoms with van der Waals surface area (Å²) < 4.78 is 23.6. The van der Waals surface area contributed by atoms with Gasteiger partial charge in [-0.25, -0.2) is 9.18 Å². The summed E-state index contributed by atoms with van der Waals surface area (Å²) in [7, 11) is 2.87. The Morgan fingerprint density at radius 2 is 1.87 bits per heavy atom. The number of carbonyl (C=O) groups excluding carboxylic acids is 3. The molecule has 0 aliphatic rings. The van der Waals surface area contributed by atoms with E-state index >= 15 is 0 Å². The van der Waals surface area contributed by atoms with Gasteiger partial charge in [0.2, 0.25) is 5.91 Å². The third-order valence-corrected chi connectivity index (χ3v) is 4.03. The fourth-order valence-corrected chi connectivity index (χ4v) is 2.46. The van der Waals surface area contributed by atoms with E-state index in [1.807, 2.05) is 0 Å². The zero-order chi connectivity index (χ0) is 22.1. The quantitative estimate of drug-likeness (QED) is 0.666. The Balaban J connectivity index is 1.86. The Kier molecular flexibility index (Phi) is 7.88. The molecule has 2 aromatic rings. The SMILES string of the molecule is COc1ccc(CN(C)C(=O)COC(=O)c2ccc(NC(=O)CC#N)cc2)cc1F. The van der Waals surface area contributed by atoms with Gasteiger partial charge in [-0.05, 0) is 42.0 Å². The van der Waals surface area contributed by atoms with Crippen LogP contribution in [0.15, 0.2) is 42.5 Å². The number of anilines is 1. The highest BCUT2D eigenvalue weighted by atomic mass is 19.1. The maximum absolute atomic E-state index is 13.7. The molecule has 0 aromatic heterocycles.